The Morgan fingerprint density at radius 3 is 2.85 bits per heavy atom. The molecule has 0 unspecified atom stereocenters. The Morgan fingerprint density at radius 1 is 1.30 bits per heavy atom. The first-order chi connectivity index (χ1) is 9.72. The second-order valence-corrected chi connectivity index (χ2v) is 6.44. The van der Waals surface area contributed by atoms with Crippen molar-refractivity contribution in [3.8, 4) is 0 Å². The summed E-state index contributed by atoms with van der Waals surface area (Å²) in [6.07, 6.45) is 4.37. The molecular weight excluding hydrogens is 274 g/mol. The van der Waals surface area contributed by atoms with Gasteiger partial charge in [0.15, 0.2) is 0 Å². The SMILES string of the molecule is O=C(C[C@@H]1Sc2ccccc2NC1=O)OC1CCCC1. The van der Waals surface area contributed by atoms with E-state index in [1.807, 2.05) is 24.3 Å². The molecule has 4 nitrogen and oxygen atoms in total. The molecule has 1 aliphatic carbocycles. The maximum atomic E-state index is 12.0. The lowest BCUT2D eigenvalue weighted by Gasteiger charge is -2.23. The van der Waals surface area contributed by atoms with Crippen molar-refractivity contribution in [1.82, 2.24) is 0 Å². The molecule has 1 N–H and O–H groups in total. The molecule has 20 heavy (non-hydrogen) atoms. The number of ether oxygens (including phenoxy) is 1. The van der Waals surface area contributed by atoms with Crippen molar-refractivity contribution in [3.63, 3.8) is 0 Å². The zero-order valence-corrected chi connectivity index (χ0v) is 11.9. The number of thioether (sulfide) groups is 1. The van der Waals surface area contributed by atoms with Gasteiger partial charge in [0.05, 0.1) is 17.4 Å². The molecule has 1 aliphatic heterocycles. The van der Waals surface area contributed by atoms with Crippen molar-refractivity contribution >= 4 is 29.3 Å². The lowest BCUT2D eigenvalue weighted by atomic mass is 10.2. The molecule has 1 heterocycles. The highest BCUT2D eigenvalue weighted by atomic mass is 32.2. The number of esters is 1. The van der Waals surface area contributed by atoms with Crippen molar-refractivity contribution < 1.29 is 14.3 Å². The van der Waals surface area contributed by atoms with Gasteiger partial charge in [0.25, 0.3) is 0 Å². The maximum absolute atomic E-state index is 12.0. The second kappa shape index (κ2) is 5.87. The van der Waals surface area contributed by atoms with Crippen molar-refractivity contribution in [2.24, 2.45) is 0 Å². The van der Waals surface area contributed by atoms with Gasteiger partial charge in [0, 0.05) is 4.90 Å². The van der Waals surface area contributed by atoms with Crippen LogP contribution < -0.4 is 5.32 Å². The van der Waals surface area contributed by atoms with E-state index in [-0.39, 0.29) is 29.7 Å². The van der Waals surface area contributed by atoms with E-state index < -0.39 is 0 Å². The third kappa shape index (κ3) is 2.98. The van der Waals surface area contributed by atoms with Crippen LogP contribution in [0, 0.1) is 0 Å². The van der Waals surface area contributed by atoms with Crippen LogP contribution in [0.1, 0.15) is 32.1 Å². The van der Waals surface area contributed by atoms with Crippen LogP contribution in [0.15, 0.2) is 29.2 Å². The Morgan fingerprint density at radius 2 is 2.05 bits per heavy atom. The minimum atomic E-state index is -0.390. The molecule has 1 aromatic carbocycles. The minimum Gasteiger partial charge on any atom is -0.462 e. The summed E-state index contributed by atoms with van der Waals surface area (Å²) in [4.78, 5) is 24.9. The molecule has 0 bridgehead atoms. The standard InChI is InChI=1S/C15H17NO3S/c17-14(19-10-5-1-2-6-10)9-13-15(18)16-11-7-3-4-8-12(11)20-13/h3-4,7-8,10,13H,1-2,5-6,9H2,(H,16,18)/t13-/m0/s1. The van der Waals surface area contributed by atoms with Crippen molar-refractivity contribution in [3.05, 3.63) is 24.3 Å². The summed E-state index contributed by atoms with van der Waals surface area (Å²) in [7, 11) is 0. The number of carbonyl (C=O) groups is 2. The fourth-order valence-corrected chi connectivity index (χ4v) is 3.71. The highest BCUT2D eigenvalue weighted by molar-refractivity contribution is 8.01. The van der Waals surface area contributed by atoms with E-state index in [4.69, 9.17) is 4.74 Å². The van der Waals surface area contributed by atoms with Crippen molar-refractivity contribution in [2.75, 3.05) is 5.32 Å². The number of hydrogen-bond donors (Lipinski definition) is 1. The molecule has 1 fully saturated rings. The summed E-state index contributed by atoms with van der Waals surface area (Å²) in [6, 6.07) is 7.63. The second-order valence-electron chi connectivity index (χ2n) is 5.19. The largest absolute Gasteiger partial charge is 0.462 e. The summed E-state index contributed by atoms with van der Waals surface area (Å²) >= 11 is 1.44. The van der Waals surface area contributed by atoms with Gasteiger partial charge in [-0.05, 0) is 37.8 Å². The number of anilines is 1. The average molecular weight is 291 g/mol. The summed E-state index contributed by atoms with van der Waals surface area (Å²) in [6.45, 7) is 0. The van der Waals surface area contributed by atoms with Crippen LogP contribution in [0.25, 0.3) is 0 Å². The molecule has 106 valence electrons. The molecule has 0 spiro atoms. The van der Waals surface area contributed by atoms with Gasteiger partial charge in [-0.3, -0.25) is 9.59 Å². The monoisotopic (exact) mass is 291 g/mol. The fourth-order valence-electron chi connectivity index (χ4n) is 2.62. The van der Waals surface area contributed by atoms with E-state index in [1.165, 1.54) is 11.8 Å². The molecule has 1 amide bonds. The Labute approximate surface area is 122 Å². The van der Waals surface area contributed by atoms with Gasteiger partial charge in [0.1, 0.15) is 6.10 Å². The van der Waals surface area contributed by atoms with Gasteiger partial charge >= 0.3 is 5.97 Å². The molecule has 0 aromatic heterocycles. The molecule has 0 saturated heterocycles. The molecule has 1 saturated carbocycles. The summed E-state index contributed by atoms with van der Waals surface area (Å²) in [5.41, 5.74) is 0.822. The number of benzene rings is 1. The molecule has 1 aromatic rings. The average Bonchev–Trinajstić information content (AvgIpc) is 2.92. The van der Waals surface area contributed by atoms with Gasteiger partial charge in [0.2, 0.25) is 5.91 Å². The first-order valence-corrected chi connectivity index (χ1v) is 7.86. The fraction of sp³-hybridized carbons (Fsp3) is 0.467. The smallest absolute Gasteiger partial charge is 0.307 e. The Hall–Kier alpha value is -1.49. The quantitative estimate of drug-likeness (QED) is 0.870. The number of para-hydroxylation sites is 1. The third-order valence-electron chi connectivity index (χ3n) is 3.66. The molecule has 5 heteroatoms. The van der Waals surface area contributed by atoms with Crippen LogP contribution in [0.4, 0.5) is 5.69 Å². The molecule has 0 radical (unpaired) electrons. The molecule has 1 atom stereocenters. The molecular formula is C15H17NO3S. The zero-order valence-electron chi connectivity index (χ0n) is 11.1. The van der Waals surface area contributed by atoms with E-state index >= 15 is 0 Å². The number of nitrogens with one attached hydrogen (secondary N) is 1. The molecule has 3 rings (SSSR count). The van der Waals surface area contributed by atoms with Crippen LogP contribution in [0.2, 0.25) is 0 Å². The number of hydrogen-bond acceptors (Lipinski definition) is 4. The summed E-state index contributed by atoms with van der Waals surface area (Å²) in [5, 5.41) is 2.45. The van der Waals surface area contributed by atoms with E-state index in [9.17, 15) is 9.59 Å². The van der Waals surface area contributed by atoms with Crippen LogP contribution in [0.3, 0.4) is 0 Å². The van der Waals surface area contributed by atoms with E-state index in [0.29, 0.717) is 0 Å². The van der Waals surface area contributed by atoms with Crippen LogP contribution >= 0.6 is 11.8 Å². The van der Waals surface area contributed by atoms with Gasteiger partial charge in [-0.25, -0.2) is 0 Å². The van der Waals surface area contributed by atoms with Crippen molar-refractivity contribution in [1.29, 1.82) is 0 Å². The van der Waals surface area contributed by atoms with E-state index in [1.54, 1.807) is 0 Å². The zero-order chi connectivity index (χ0) is 13.9. The van der Waals surface area contributed by atoms with Crippen molar-refractivity contribution in [2.45, 2.75) is 48.4 Å². The van der Waals surface area contributed by atoms with Gasteiger partial charge < -0.3 is 10.1 Å². The number of rotatable bonds is 3. The Bertz CT molecular complexity index is 526. The highest BCUT2D eigenvalue weighted by Gasteiger charge is 2.30. The van der Waals surface area contributed by atoms with Gasteiger partial charge in [-0.1, -0.05) is 12.1 Å². The van der Waals surface area contributed by atoms with Crippen LogP contribution in [0.5, 0.6) is 0 Å². The first-order valence-electron chi connectivity index (χ1n) is 6.98. The first kappa shape index (κ1) is 13.5. The van der Waals surface area contributed by atoms with Crippen LogP contribution in [-0.4, -0.2) is 23.2 Å². The lowest BCUT2D eigenvalue weighted by Crippen LogP contribution is -2.32. The topological polar surface area (TPSA) is 55.4 Å². The molecule has 2 aliphatic rings. The Balaban J connectivity index is 1.60. The predicted octanol–water partition coefficient (Wildman–Crippen LogP) is 2.98. The minimum absolute atomic E-state index is 0.0615. The van der Waals surface area contributed by atoms with Gasteiger partial charge in [-0.15, -0.1) is 11.8 Å². The third-order valence-corrected chi connectivity index (χ3v) is 4.93. The lowest BCUT2D eigenvalue weighted by molar-refractivity contribution is -0.149. The number of carbonyl (C=O) groups excluding carboxylic acids is 2. The summed E-state index contributed by atoms with van der Waals surface area (Å²) in [5.74, 6) is -0.374. The maximum Gasteiger partial charge on any atom is 0.307 e. The van der Waals surface area contributed by atoms with E-state index in [0.717, 1.165) is 36.3 Å². The highest BCUT2D eigenvalue weighted by Crippen LogP contribution is 2.36. The summed E-state index contributed by atoms with van der Waals surface area (Å²) < 4.78 is 5.42. The van der Waals surface area contributed by atoms with Crippen LogP contribution in [-0.2, 0) is 14.3 Å². The van der Waals surface area contributed by atoms with E-state index in [2.05, 4.69) is 5.32 Å². The predicted molar refractivity (Wildman–Crippen MR) is 77.7 cm³/mol. The van der Waals surface area contributed by atoms with Gasteiger partial charge in [-0.2, -0.15) is 0 Å². The Kier molecular flexibility index (Phi) is 3.96. The number of amides is 1. The number of fused-ring (bicyclic) bond motifs is 1. The normalized spacial score (nSPS) is 22.2.